The molecule has 1 N–H and O–H groups in total. The molecule has 0 spiro atoms. The highest BCUT2D eigenvalue weighted by molar-refractivity contribution is 7.14. The van der Waals surface area contributed by atoms with Crippen molar-refractivity contribution in [3.05, 3.63) is 76.5 Å². The molecule has 4 rings (SSSR count). The number of nitrogens with one attached hydrogen (secondary N) is 1. The Hall–Kier alpha value is -3.65. The second-order valence-electron chi connectivity index (χ2n) is 7.23. The maximum atomic E-state index is 12.4. The summed E-state index contributed by atoms with van der Waals surface area (Å²) in [6, 6.07) is 15.1. The standard InChI is InChI=1S/C24H23N3O4S/c1-15-21(16(2)31-27-15)13-30-20-8-4-17(5-9-20)12-23(28)26-24-25-22(14-32-24)18-6-10-19(29-3)11-7-18/h4-11,14H,12-13H2,1-3H3,(H,25,26,28). The number of benzene rings is 2. The topological polar surface area (TPSA) is 86.5 Å². The van der Waals surface area contributed by atoms with Crippen molar-refractivity contribution in [2.45, 2.75) is 26.9 Å². The molecule has 0 radical (unpaired) electrons. The Balaban J connectivity index is 1.31. The van der Waals surface area contributed by atoms with Gasteiger partial charge in [0.05, 0.1) is 30.5 Å². The maximum Gasteiger partial charge on any atom is 0.230 e. The van der Waals surface area contributed by atoms with E-state index in [4.69, 9.17) is 14.0 Å². The van der Waals surface area contributed by atoms with Gasteiger partial charge in [-0.2, -0.15) is 0 Å². The molecule has 0 atom stereocenters. The van der Waals surface area contributed by atoms with Gasteiger partial charge in [0.1, 0.15) is 23.9 Å². The number of carbonyl (C=O) groups is 1. The molecule has 0 fully saturated rings. The molecule has 7 nitrogen and oxygen atoms in total. The second-order valence-corrected chi connectivity index (χ2v) is 8.08. The number of carbonyl (C=O) groups excluding carboxylic acids is 1. The zero-order chi connectivity index (χ0) is 22.5. The van der Waals surface area contributed by atoms with Gasteiger partial charge in [-0.05, 0) is 55.8 Å². The van der Waals surface area contributed by atoms with Gasteiger partial charge in [-0.3, -0.25) is 4.79 Å². The summed E-state index contributed by atoms with van der Waals surface area (Å²) in [6.07, 6.45) is 0.252. The highest BCUT2D eigenvalue weighted by atomic mass is 32.1. The van der Waals surface area contributed by atoms with Gasteiger partial charge in [0, 0.05) is 10.9 Å². The number of aryl methyl sites for hydroxylation is 2. The number of amides is 1. The lowest BCUT2D eigenvalue weighted by molar-refractivity contribution is -0.115. The average Bonchev–Trinajstić information content (AvgIpc) is 3.39. The predicted octanol–water partition coefficient (Wildman–Crippen LogP) is 5.18. The average molecular weight is 450 g/mol. The van der Waals surface area contributed by atoms with E-state index >= 15 is 0 Å². The van der Waals surface area contributed by atoms with Crippen LogP contribution in [0.25, 0.3) is 11.3 Å². The summed E-state index contributed by atoms with van der Waals surface area (Å²) in [5.74, 6) is 2.15. The Morgan fingerprint density at radius 2 is 1.78 bits per heavy atom. The lowest BCUT2D eigenvalue weighted by Crippen LogP contribution is -2.14. The van der Waals surface area contributed by atoms with E-state index in [0.717, 1.165) is 45.3 Å². The lowest BCUT2D eigenvalue weighted by atomic mass is 10.1. The summed E-state index contributed by atoms with van der Waals surface area (Å²) >= 11 is 1.40. The number of ether oxygens (including phenoxy) is 2. The molecular weight excluding hydrogens is 426 g/mol. The highest BCUT2D eigenvalue weighted by Crippen LogP contribution is 2.26. The first-order valence-electron chi connectivity index (χ1n) is 10.0. The number of anilines is 1. The van der Waals surface area contributed by atoms with Crippen LogP contribution in [-0.2, 0) is 17.8 Å². The van der Waals surface area contributed by atoms with E-state index in [1.807, 2.05) is 67.8 Å². The van der Waals surface area contributed by atoms with Gasteiger partial charge < -0.3 is 19.3 Å². The molecule has 0 unspecified atom stereocenters. The van der Waals surface area contributed by atoms with Crippen molar-refractivity contribution in [3.8, 4) is 22.8 Å². The Bertz CT molecular complexity index is 1180. The monoisotopic (exact) mass is 449 g/mol. The van der Waals surface area contributed by atoms with E-state index in [1.54, 1.807) is 7.11 Å². The van der Waals surface area contributed by atoms with Crippen molar-refractivity contribution >= 4 is 22.4 Å². The SMILES string of the molecule is COc1ccc(-c2csc(NC(=O)Cc3ccc(OCc4c(C)noc4C)cc3)n2)cc1. The predicted molar refractivity (Wildman–Crippen MR) is 123 cm³/mol. The first-order valence-corrected chi connectivity index (χ1v) is 10.9. The molecule has 164 valence electrons. The van der Waals surface area contributed by atoms with Crippen LogP contribution in [0.1, 0.15) is 22.6 Å². The third-order valence-electron chi connectivity index (χ3n) is 4.99. The van der Waals surface area contributed by atoms with Gasteiger partial charge in [0.2, 0.25) is 5.91 Å². The molecule has 0 aliphatic carbocycles. The van der Waals surface area contributed by atoms with E-state index in [1.165, 1.54) is 11.3 Å². The largest absolute Gasteiger partial charge is 0.497 e. The van der Waals surface area contributed by atoms with Crippen LogP contribution in [0.3, 0.4) is 0 Å². The van der Waals surface area contributed by atoms with Gasteiger partial charge in [0.25, 0.3) is 0 Å². The van der Waals surface area contributed by atoms with Crippen molar-refractivity contribution in [2.24, 2.45) is 0 Å². The molecule has 0 bridgehead atoms. The molecule has 32 heavy (non-hydrogen) atoms. The number of aromatic nitrogens is 2. The Morgan fingerprint density at radius 1 is 1.06 bits per heavy atom. The summed E-state index contributed by atoms with van der Waals surface area (Å²) in [5, 5.41) is 9.28. The molecule has 0 aliphatic heterocycles. The number of nitrogens with zero attached hydrogens (tertiary/aromatic N) is 2. The Labute approximate surface area is 190 Å². The third kappa shape index (κ3) is 5.15. The van der Waals surface area contributed by atoms with Crippen LogP contribution in [0.2, 0.25) is 0 Å². The molecule has 8 heteroatoms. The third-order valence-corrected chi connectivity index (χ3v) is 5.75. The zero-order valence-corrected chi connectivity index (χ0v) is 18.9. The minimum atomic E-state index is -0.120. The molecule has 0 saturated heterocycles. The Kier molecular flexibility index (Phi) is 6.51. The van der Waals surface area contributed by atoms with Crippen LogP contribution in [0, 0.1) is 13.8 Å². The zero-order valence-electron chi connectivity index (χ0n) is 18.0. The number of methoxy groups -OCH3 is 1. The van der Waals surface area contributed by atoms with Gasteiger partial charge in [-0.1, -0.05) is 17.3 Å². The van der Waals surface area contributed by atoms with Crippen LogP contribution in [0.5, 0.6) is 11.5 Å². The summed E-state index contributed by atoms with van der Waals surface area (Å²) in [7, 11) is 1.63. The molecule has 2 aromatic heterocycles. The fourth-order valence-electron chi connectivity index (χ4n) is 3.14. The van der Waals surface area contributed by atoms with Gasteiger partial charge in [-0.25, -0.2) is 4.98 Å². The van der Waals surface area contributed by atoms with Gasteiger partial charge in [0.15, 0.2) is 5.13 Å². The summed E-state index contributed by atoms with van der Waals surface area (Å²) in [6.45, 7) is 4.14. The number of hydrogen-bond donors (Lipinski definition) is 1. The molecule has 2 heterocycles. The molecular formula is C24H23N3O4S. The van der Waals surface area contributed by atoms with Crippen molar-refractivity contribution in [1.29, 1.82) is 0 Å². The fourth-order valence-corrected chi connectivity index (χ4v) is 3.88. The minimum Gasteiger partial charge on any atom is -0.497 e. The highest BCUT2D eigenvalue weighted by Gasteiger charge is 2.11. The first kappa shape index (κ1) is 21.6. The van der Waals surface area contributed by atoms with E-state index in [2.05, 4.69) is 15.5 Å². The number of thiazole rings is 1. The van der Waals surface area contributed by atoms with Crippen LogP contribution < -0.4 is 14.8 Å². The lowest BCUT2D eigenvalue weighted by Gasteiger charge is -2.07. The molecule has 0 saturated carbocycles. The smallest absolute Gasteiger partial charge is 0.230 e. The quantitative estimate of drug-likeness (QED) is 0.399. The normalized spacial score (nSPS) is 10.7. The van der Waals surface area contributed by atoms with Crippen LogP contribution >= 0.6 is 11.3 Å². The number of rotatable bonds is 8. The maximum absolute atomic E-state index is 12.4. The minimum absolute atomic E-state index is 0.120. The summed E-state index contributed by atoms with van der Waals surface area (Å²) in [4.78, 5) is 17.0. The van der Waals surface area contributed by atoms with E-state index < -0.39 is 0 Å². The van der Waals surface area contributed by atoms with Crippen LogP contribution in [0.4, 0.5) is 5.13 Å². The van der Waals surface area contributed by atoms with Crippen molar-refractivity contribution < 1.29 is 18.8 Å². The van der Waals surface area contributed by atoms with Crippen LogP contribution in [-0.4, -0.2) is 23.2 Å². The fraction of sp³-hybridized carbons (Fsp3) is 0.208. The molecule has 1 amide bonds. The first-order chi connectivity index (χ1) is 15.5. The molecule has 4 aromatic rings. The summed E-state index contributed by atoms with van der Waals surface area (Å²) in [5.41, 5.74) is 4.45. The van der Waals surface area contributed by atoms with Crippen molar-refractivity contribution in [3.63, 3.8) is 0 Å². The van der Waals surface area contributed by atoms with E-state index in [-0.39, 0.29) is 12.3 Å². The van der Waals surface area contributed by atoms with Gasteiger partial charge >= 0.3 is 0 Å². The second kappa shape index (κ2) is 9.65. The van der Waals surface area contributed by atoms with E-state index in [9.17, 15) is 4.79 Å². The molecule has 2 aromatic carbocycles. The van der Waals surface area contributed by atoms with Gasteiger partial charge in [-0.15, -0.1) is 11.3 Å². The summed E-state index contributed by atoms with van der Waals surface area (Å²) < 4.78 is 16.1. The van der Waals surface area contributed by atoms with Crippen molar-refractivity contribution in [2.75, 3.05) is 12.4 Å². The van der Waals surface area contributed by atoms with E-state index in [0.29, 0.717) is 11.7 Å². The van der Waals surface area contributed by atoms with Crippen LogP contribution in [0.15, 0.2) is 58.4 Å². The number of hydrogen-bond acceptors (Lipinski definition) is 7. The molecule has 0 aliphatic rings. The Morgan fingerprint density at radius 3 is 2.44 bits per heavy atom. The van der Waals surface area contributed by atoms with Crippen molar-refractivity contribution in [1.82, 2.24) is 10.1 Å².